The number of hydrogen-bond donors (Lipinski definition) is 2. The van der Waals surface area contributed by atoms with Gasteiger partial charge in [0, 0.05) is 23.9 Å². The molecule has 0 saturated carbocycles. The lowest BCUT2D eigenvalue weighted by Crippen LogP contribution is -2.16. The quantitative estimate of drug-likeness (QED) is 0.402. The van der Waals surface area contributed by atoms with Gasteiger partial charge < -0.3 is 20.3 Å². The van der Waals surface area contributed by atoms with Gasteiger partial charge in [-0.2, -0.15) is 0 Å². The number of pyridine rings is 1. The largest absolute Gasteiger partial charge is 0.439 e. The van der Waals surface area contributed by atoms with Crippen LogP contribution >= 0.6 is 0 Å². The molecule has 2 heterocycles. The second kappa shape index (κ2) is 9.69. The fourth-order valence-corrected chi connectivity index (χ4v) is 3.02. The molecule has 4 rings (SSSR count). The Morgan fingerprint density at radius 2 is 1.84 bits per heavy atom. The topological polar surface area (TPSA) is 103 Å². The van der Waals surface area contributed by atoms with Gasteiger partial charge in [-0.05, 0) is 36.7 Å². The van der Waals surface area contributed by atoms with E-state index in [0.29, 0.717) is 23.7 Å². The van der Waals surface area contributed by atoms with E-state index in [4.69, 9.17) is 15.0 Å². The zero-order valence-corrected chi connectivity index (χ0v) is 16.8. The van der Waals surface area contributed by atoms with Crippen LogP contribution in [0, 0.1) is 0 Å². The summed E-state index contributed by atoms with van der Waals surface area (Å²) in [5.41, 5.74) is 8.61. The van der Waals surface area contributed by atoms with Gasteiger partial charge >= 0.3 is 0 Å². The maximum Gasteiger partial charge on any atom is 0.250 e. The molecule has 0 radical (unpaired) electrons. The maximum absolute atomic E-state index is 11.1. The van der Waals surface area contributed by atoms with Gasteiger partial charge in [0.25, 0.3) is 0 Å². The molecule has 2 aromatic heterocycles. The molecule has 3 N–H and O–H groups in total. The highest BCUT2D eigenvalue weighted by molar-refractivity contribution is 5.92. The Labute approximate surface area is 179 Å². The third kappa shape index (κ3) is 5.55. The first-order valence-corrected chi connectivity index (χ1v) is 9.92. The summed E-state index contributed by atoms with van der Waals surface area (Å²) in [6.07, 6.45) is 2.26. The third-order valence-corrected chi connectivity index (χ3v) is 4.68. The van der Waals surface area contributed by atoms with E-state index in [1.54, 1.807) is 12.1 Å². The highest BCUT2D eigenvalue weighted by atomic mass is 16.5. The van der Waals surface area contributed by atoms with E-state index in [9.17, 15) is 4.79 Å². The molecule has 0 fully saturated rings. The predicted octanol–water partition coefficient (Wildman–Crippen LogP) is 3.96. The van der Waals surface area contributed by atoms with Crippen LogP contribution in [0.1, 0.15) is 21.7 Å². The molecule has 0 aliphatic heterocycles. The summed E-state index contributed by atoms with van der Waals surface area (Å²) in [7, 11) is 0. The van der Waals surface area contributed by atoms with Crippen LogP contribution in [0.25, 0.3) is 11.3 Å². The standard InChI is InChI=1S/C24H22N4O3/c25-24(29)19-8-11-23(27-15-19)30-20-9-6-17(7-10-20)12-13-26-16-21-14-22(28-31-21)18-4-2-1-3-5-18/h1-11,14-15,26H,12-13,16H2,(H2,25,29). The van der Waals surface area contributed by atoms with Crippen LogP contribution in [0.15, 0.2) is 83.5 Å². The lowest BCUT2D eigenvalue weighted by Gasteiger charge is -2.07. The summed E-state index contributed by atoms with van der Waals surface area (Å²) in [5, 5.41) is 7.49. The molecule has 0 spiro atoms. The number of aromatic nitrogens is 2. The Balaban J connectivity index is 1.23. The minimum absolute atomic E-state index is 0.344. The Bertz CT molecular complexity index is 1120. The first-order chi connectivity index (χ1) is 15.2. The summed E-state index contributed by atoms with van der Waals surface area (Å²) < 4.78 is 11.1. The second-order valence-corrected chi connectivity index (χ2v) is 6.97. The minimum atomic E-state index is -0.517. The number of nitrogens with zero attached hydrogens (tertiary/aromatic N) is 2. The van der Waals surface area contributed by atoms with Crippen molar-refractivity contribution in [3.63, 3.8) is 0 Å². The van der Waals surface area contributed by atoms with Gasteiger partial charge in [0.15, 0.2) is 5.76 Å². The van der Waals surface area contributed by atoms with Crippen molar-refractivity contribution >= 4 is 5.91 Å². The number of nitrogens with two attached hydrogens (primary N) is 1. The number of rotatable bonds is 9. The smallest absolute Gasteiger partial charge is 0.250 e. The van der Waals surface area contributed by atoms with Crippen molar-refractivity contribution in [1.29, 1.82) is 0 Å². The van der Waals surface area contributed by atoms with Crippen LogP contribution in [-0.4, -0.2) is 22.6 Å². The Hall–Kier alpha value is -3.97. The van der Waals surface area contributed by atoms with Gasteiger partial charge in [-0.15, -0.1) is 0 Å². The molecule has 0 bridgehead atoms. The van der Waals surface area contributed by atoms with Gasteiger partial charge in [0.05, 0.1) is 12.1 Å². The molecule has 4 aromatic rings. The molecule has 0 atom stereocenters. The fourth-order valence-electron chi connectivity index (χ4n) is 3.02. The van der Waals surface area contributed by atoms with E-state index >= 15 is 0 Å². The van der Waals surface area contributed by atoms with Crippen LogP contribution in [-0.2, 0) is 13.0 Å². The molecule has 156 valence electrons. The van der Waals surface area contributed by atoms with Gasteiger partial charge in [0.1, 0.15) is 11.4 Å². The highest BCUT2D eigenvalue weighted by Gasteiger charge is 2.06. The number of nitrogens with one attached hydrogen (secondary N) is 1. The third-order valence-electron chi connectivity index (χ3n) is 4.68. The van der Waals surface area contributed by atoms with Crippen LogP contribution in [0.5, 0.6) is 11.6 Å². The Morgan fingerprint density at radius 1 is 1.03 bits per heavy atom. The van der Waals surface area contributed by atoms with E-state index in [2.05, 4.69) is 15.5 Å². The summed E-state index contributed by atoms with van der Waals surface area (Å²) in [6.45, 7) is 1.42. The first-order valence-electron chi connectivity index (χ1n) is 9.92. The SMILES string of the molecule is NC(=O)c1ccc(Oc2ccc(CCNCc3cc(-c4ccccc4)no3)cc2)nc1. The Kier molecular flexibility index (Phi) is 6.35. The van der Waals surface area contributed by atoms with Crippen molar-refractivity contribution in [2.24, 2.45) is 5.73 Å². The summed E-state index contributed by atoms with van der Waals surface area (Å²) in [6, 6.07) is 22.9. The first kappa shape index (κ1) is 20.3. The van der Waals surface area contributed by atoms with Crippen LogP contribution < -0.4 is 15.8 Å². The van der Waals surface area contributed by atoms with E-state index in [0.717, 1.165) is 30.0 Å². The van der Waals surface area contributed by atoms with E-state index in [-0.39, 0.29) is 0 Å². The summed E-state index contributed by atoms with van der Waals surface area (Å²) >= 11 is 0. The number of carbonyl (C=O) groups excluding carboxylic acids is 1. The fraction of sp³-hybridized carbons (Fsp3) is 0.125. The molecule has 1 amide bonds. The van der Waals surface area contributed by atoms with Crippen molar-refractivity contribution in [2.75, 3.05) is 6.54 Å². The number of ether oxygens (including phenoxy) is 1. The number of primary amides is 1. The van der Waals surface area contributed by atoms with E-state index in [1.807, 2.05) is 60.7 Å². The monoisotopic (exact) mass is 414 g/mol. The second-order valence-electron chi connectivity index (χ2n) is 6.97. The number of carbonyl (C=O) groups is 1. The molecule has 2 aromatic carbocycles. The number of benzene rings is 2. The lowest BCUT2D eigenvalue weighted by molar-refractivity contribution is 0.1000. The summed E-state index contributed by atoms with van der Waals surface area (Å²) in [4.78, 5) is 15.2. The van der Waals surface area contributed by atoms with Gasteiger partial charge in [-0.3, -0.25) is 4.79 Å². The molecule has 0 unspecified atom stereocenters. The van der Waals surface area contributed by atoms with Gasteiger partial charge in [0.2, 0.25) is 11.8 Å². The Morgan fingerprint density at radius 3 is 2.55 bits per heavy atom. The van der Waals surface area contributed by atoms with Gasteiger partial charge in [-0.1, -0.05) is 47.6 Å². The van der Waals surface area contributed by atoms with Crippen molar-refractivity contribution in [3.8, 4) is 22.9 Å². The van der Waals surface area contributed by atoms with Gasteiger partial charge in [-0.25, -0.2) is 4.98 Å². The van der Waals surface area contributed by atoms with Crippen molar-refractivity contribution in [3.05, 3.63) is 95.9 Å². The van der Waals surface area contributed by atoms with E-state index in [1.165, 1.54) is 11.8 Å². The average molecular weight is 414 g/mol. The van der Waals surface area contributed by atoms with Crippen LogP contribution in [0.3, 0.4) is 0 Å². The normalized spacial score (nSPS) is 10.7. The molecule has 0 saturated heterocycles. The molecular weight excluding hydrogens is 392 g/mol. The predicted molar refractivity (Wildman–Crippen MR) is 117 cm³/mol. The molecule has 0 aliphatic carbocycles. The van der Waals surface area contributed by atoms with Crippen molar-refractivity contribution in [1.82, 2.24) is 15.5 Å². The zero-order chi connectivity index (χ0) is 21.5. The lowest BCUT2D eigenvalue weighted by atomic mass is 10.1. The molecule has 0 aliphatic rings. The van der Waals surface area contributed by atoms with Crippen LogP contribution in [0.2, 0.25) is 0 Å². The molecule has 7 nitrogen and oxygen atoms in total. The highest BCUT2D eigenvalue weighted by Crippen LogP contribution is 2.20. The van der Waals surface area contributed by atoms with Crippen molar-refractivity contribution in [2.45, 2.75) is 13.0 Å². The average Bonchev–Trinajstić information content (AvgIpc) is 3.28. The number of amides is 1. The molecule has 7 heteroatoms. The van der Waals surface area contributed by atoms with Crippen LogP contribution in [0.4, 0.5) is 0 Å². The molecule has 31 heavy (non-hydrogen) atoms. The summed E-state index contributed by atoms with van der Waals surface area (Å²) in [5.74, 6) is 1.36. The zero-order valence-electron chi connectivity index (χ0n) is 16.8. The van der Waals surface area contributed by atoms with E-state index < -0.39 is 5.91 Å². The molecular formula is C24H22N4O3. The minimum Gasteiger partial charge on any atom is -0.439 e. The van der Waals surface area contributed by atoms with Crippen molar-refractivity contribution < 1.29 is 14.1 Å². The number of hydrogen-bond acceptors (Lipinski definition) is 6. The maximum atomic E-state index is 11.1.